The average Bonchev–Trinajstić information content (AvgIpc) is 2.35. The summed E-state index contributed by atoms with van der Waals surface area (Å²) in [7, 11) is 0. The number of benzene rings is 1. The molecular weight excluding hydrogens is 212 g/mol. The van der Waals surface area contributed by atoms with Gasteiger partial charge < -0.3 is 10.5 Å². The van der Waals surface area contributed by atoms with E-state index < -0.39 is 0 Å². The maximum Gasteiger partial charge on any atom is 0.128 e. The van der Waals surface area contributed by atoms with E-state index >= 15 is 0 Å². The quantitative estimate of drug-likeness (QED) is 0.878. The lowest BCUT2D eigenvalue weighted by molar-refractivity contribution is 0.262. The number of nitrogens with zero attached hydrogens (tertiary/aromatic N) is 1. The van der Waals surface area contributed by atoms with E-state index in [4.69, 9.17) is 10.5 Å². The number of pyridine rings is 1. The summed E-state index contributed by atoms with van der Waals surface area (Å²) in [4.78, 5) is 4.29. The first-order chi connectivity index (χ1) is 8.18. The Labute approximate surface area is 102 Å². The van der Waals surface area contributed by atoms with Crippen LogP contribution in [-0.2, 0) is 0 Å². The minimum atomic E-state index is 0.0573. The molecular formula is C14H18N2O. The molecule has 0 saturated carbocycles. The van der Waals surface area contributed by atoms with Crippen LogP contribution in [0.25, 0.3) is 10.9 Å². The van der Waals surface area contributed by atoms with Crippen molar-refractivity contribution in [3.8, 4) is 5.75 Å². The van der Waals surface area contributed by atoms with Crippen LogP contribution in [0, 0.1) is 5.92 Å². The van der Waals surface area contributed by atoms with E-state index in [1.807, 2.05) is 30.3 Å². The smallest absolute Gasteiger partial charge is 0.128 e. The minimum Gasteiger partial charge on any atom is -0.491 e. The average molecular weight is 230 g/mol. The molecule has 0 aliphatic rings. The summed E-state index contributed by atoms with van der Waals surface area (Å²) in [5.74, 6) is 1.27. The van der Waals surface area contributed by atoms with E-state index in [9.17, 15) is 0 Å². The highest BCUT2D eigenvalue weighted by Crippen LogP contribution is 2.23. The van der Waals surface area contributed by atoms with Gasteiger partial charge in [0.1, 0.15) is 12.4 Å². The van der Waals surface area contributed by atoms with Crippen LogP contribution in [0.2, 0.25) is 0 Å². The zero-order valence-corrected chi connectivity index (χ0v) is 10.3. The van der Waals surface area contributed by atoms with Crippen LogP contribution in [0.15, 0.2) is 36.5 Å². The molecule has 0 aliphatic heterocycles. The normalized spacial score (nSPS) is 12.9. The molecule has 1 heterocycles. The fourth-order valence-corrected chi connectivity index (χ4v) is 1.58. The molecule has 17 heavy (non-hydrogen) atoms. The predicted octanol–water partition coefficient (Wildman–Crippen LogP) is 2.60. The van der Waals surface area contributed by atoms with Gasteiger partial charge in [0.05, 0.1) is 5.52 Å². The van der Waals surface area contributed by atoms with E-state index in [1.54, 1.807) is 6.20 Å². The molecule has 0 saturated heterocycles. The van der Waals surface area contributed by atoms with Crippen molar-refractivity contribution in [2.45, 2.75) is 19.9 Å². The van der Waals surface area contributed by atoms with Crippen molar-refractivity contribution in [3.05, 3.63) is 36.5 Å². The second-order valence-electron chi connectivity index (χ2n) is 4.55. The monoisotopic (exact) mass is 230 g/mol. The molecule has 1 atom stereocenters. The fourth-order valence-electron chi connectivity index (χ4n) is 1.58. The molecule has 2 aromatic rings. The largest absolute Gasteiger partial charge is 0.491 e. The van der Waals surface area contributed by atoms with E-state index in [0.29, 0.717) is 12.5 Å². The number of hydrogen-bond acceptors (Lipinski definition) is 3. The van der Waals surface area contributed by atoms with Gasteiger partial charge in [-0.05, 0) is 30.2 Å². The molecule has 0 radical (unpaired) electrons. The lowest BCUT2D eigenvalue weighted by atomic mass is 10.1. The Morgan fingerprint density at radius 2 is 2.06 bits per heavy atom. The van der Waals surface area contributed by atoms with Crippen LogP contribution in [-0.4, -0.2) is 17.6 Å². The Bertz CT molecular complexity index is 491. The summed E-state index contributed by atoms with van der Waals surface area (Å²) >= 11 is 0. The molecule has 3 heteroatoms. The molecule has 0 spiro atoms. The van der Waals surface area contributed by atoms with Crippen LogP contribution >= 0.6 is 0 Å². The van der Waals surface area contributed by atoms with E-state index in [-0.39, 0.29) is 6.04 Å². The first kappa shape index (κ1) is 11.9. The molecule has 1 unspecified atom stereocenters. The van der Waals surface area contributed by atoms with Gasteiger partial charge in [0.25, 0.3) is 0 Å². The van der Waals surface area contributed by atoms with Gasteiger partial charge in [-0.3, -0.25) is 4.98 Å². The van der Waals surface area contributed by atoms with Gasteiger partial charge in [0, 0.05) is 17.6 Å². The van der Waals surface area contributed by atoms with Crippen molar-refractivity contribution >= 4 is 10.9 Å². The van der Waals surface area contributed by atoms with E-state index in [2.05, 4.69) is 18.8 Å². The number of ether oxygens (including phenoxy) is 1. The van der Waals surface area contributed by atoms with Gasteiger partial charge >= 0.3 is 0 Å². The van der Waals surface area contributed by atoms with E-state index in [0.717, 1.165) is 16.7 Å². The summed E-state index contributed by atoms with van der Waals surface area (Å²) in [5.41, 5.74) is 6.92. The molecule has 2 rings (SSSR count). The molecule has 0 aliphatic carbocycles. The number of nitrogens with two attached hydrogens (primary N) is 1. The van der Waals surface area contributed by atoms with Gasteiger partial charge in [0.2, 0.25) is 0 Å². The maximum absolute atomic E-state index is 5.97. The highest BCUT2D eigenvalue weighted by Gasteiger charge is 2.09. The summed E-state index contributed by atoms with van der Waals surface area (Å²) < 4.78 is 5.78. The van der Waals surface area contributed by atoms with Gasteiger partial charge in [-0.1, -0.05) is 19.9 Å². The Hall–Kier alpha value is -1.61. The number of hydrogen-bond donors (Lipinski definition) is 1. The molecule has 0 bridgehead atoms. The first-order valence-electron chi connectivity index (χ1n) is 5.90. The third kappa shape index (κ3) is 2.74. The van der Waals surface area contributed by atoms with Crippen LogP contribution in [0.4, 0.5) is 0 Å². The van der Waals surface area contributed by atoms with Crippen LogP contribution in [0.5, 0.6) is 5.75 Å². The van der Waals surface area contributed by atoms with Crippen molar-refractivity contribution in [2.75, 3.05) is 6.61 Å². The predicted molar refractivity (Wildman–Crippen MR) is 70.1 cm³/mol. The second-order valence-corrected chi connectivity index (χ2v) is 4.55. The zero-order chi connectivity index (χ0) is 12.3. The topological polar surface area (TPSA) is 48.1 Å². The Morgan fingerprint density at radius 1 is 1.24 bits per heavy atom. The summed E-state index contributed by atoms with van der Waals surface area (Å²) in [5, 5.41) is 1.03. The number of fused-ring (bicyclic) bond motifs is 1. The molecule has 2 N–H and O–H groups in total. The molecule has 1 aromatic heterocycles. The second kappa shape index (κ2) is 5.15. The fraction of sp³-hybridized carbons (Fsp3) is 0.357. The molecule has 90 valence electrons. The maximum atomic E-state index is 5.97. The Morgan fingerprint density at radius 3 is 2.82 bits per heavy atom. The number of rotatable bonds is 4. The Balaban J connectivity index is 2.19. The third-order valence-electron chi connectivity index (χ3n) is 2.89. The minimum absolute atomic E-state index is 0.0573. The van der Waals surface area contributed by atoms with Crippen molar-refractivity contribution in [1.29, 1.82) is 0 Å². The molecule has 1 aromatic carbocycles. The summed E-state index contributed by atoms with van der Waals surface area (Å²) in [6, 6.07) is 9.87. The Kier molecular flexibility index (Phi) is 3.59. The van der Waals surface area contributed by atoms with Crippen molar-refractivity contribution < 1.29 is 4.74 Å². The SMILES string of the molecule is CC(C)C(N)COc1cccc2ncccc12. The van der Waals surface area contributed by atoms with Crippen molar-refractivity contribution in [1.82, 2.24) is 4.98 Å². The van der Waals surface area contributed by atoms with Crippen molar-refractivity contribution in [3.63, 3.8) is 0 Å². The summed E-state index contributed by atoms with van der Waals surface area (Å²) in [6.45, 7) is 4.73. The van der Waals surface area contributed by atoms with E-state index in [1.165, 1.54) is 0 Å². The molecule has 0 fully saturated rings. The molecule has 3 nitrogen and oxygen atoms in total. The van der Waals surface area contributed by atoms with Crippen molar-refractivity contribution in [2.24, 2.45) is 11.7 Å². The molecule has 0 amide bonds. The van der Waals surface area contributed by atoms with Gasteiger partial charge in [-0.2, -0.15) is 0 Å². The van der Waals surface area contributed by atoms with Crippen LogP contribution < -0.4 is 10.5 Å². The number of aromatic nitrogens is 1. The van der Waals surface area contributed by atoms with Gasteiger partial charge in [-0.15, -0.1) is 0 Å². The zero-order valence-electron chi connectivity index (χ0n) is 10.3. The summed E-state index contributed by atoms with van der Waals surface area (Å²) in [6.07, 6.45) is 1.78. The highest BCUT2D eigenvalue weighted by atomic mass is 16.5. The highest BCUT2D eigenvalue weighted by molar-refractivity contribution is 5.84. The lowest BCUT2D eigenvalue weighted by Gasteiger charge is -2.17. The third-order valence-corrected chi connectivity index (χ3v) is 2.89. The van der Waals surface area contributed by atoms with Gasteiger partial charge in [-0.25, -0.2) is 0 Å². The standard InChI is InChI=1S/C14H18N2O/c1-10(2)12(15)9-17-14-7-3-6-13-11(14)5-4-8-16-13/h3-8,10,12H,9,15H2,1-2H3. The van der Waals surface area contributed by atoms with Gasteiger partial charge in [0.15, 0.2) is 0 Å². The first-order valence-corrected chi connectivity index (χ1v) is 5.90. The van der Waals surface area contributed by atoms with Crippen LogP contribution in [0.3, 0.4) is 0 Å². The van der Waals surface area contributed by atoms with Crippen LogP contribution in [0.1, 0.15) is 13.8 Å². The lowest BCUT2D eigenvalue weighted by Crippen LogP contribution is -2.33.